The Morgan fingerprint density at radius 1 is 1.26 bits per heavy atom. The number of likely N-dealkylation sites (tertiary alicyclic amines) is 1. The highest BCUT2D eigenvalue weighted by Crippen LogP contribution is 2.28. The Hall–Kier alpha value is -3.06. The topological polar surface area (TPSA) is 155 Å². The number of aromatic carboxylic acids is 1. The zero-order valence-corrected chi connectivity index (χ0v) is 23.4. The number of hydrogen-bond donors (Lipinski definition) is 2. The molecule has 0 saturated carbocycles. The summed E-state index contributed by atoms with van der Waals surface area (Å²) in [4.78, 5) is 69.9. The van der Waals surface area contributed by atoms with E-state index in [4.69, 9.17) is 9.47 Å². The van der Waals surface area contributed by atoms with Crippen molar-refractivity contribution in [1.29, 1.82) is 0 Å². The molecule has 0 radical (unpaired) electrons. The maximum atomic E-state index is 14.0. The van der Waals surface area contributed by atoms with Crippen LogP contribution < -0.4 is 5.32 Å². The molecule has 13 heteroatoms. The third-order valence-electron chi connectivity index (χ3n) is 6.46. The van der Waals surface area contributed by atoms with Crippen LogP contribution in [0.15, 0.2) is 5.38 Å². The van der Waals surface area contributed by atoms with Crippen LogP contribution in [0.5, 0.6) is 0 Å². The lowest BCUT2D eigenvalue weighted by Gasteiger charge is -2.36. The second-order valence-corrected chi connectivity index (χ2v) is 10.3. The summed E-state index contributed by atoms with van der Waals surface area (Å²) >= 11 is 0.883. The minimum atomic E-state index is -1.46. The molecule has 1 saturated heterocycles. The highest BCUT2D eigenvalue weighted by molar-refractivity contribution is 7.09. The normalized spacial score (nSPS) is 18.1. The lowest BCUT2D eigenvalue weighted by atomic mass is 9.96. The number of likely N-dealkylation sites (N-methyl/N-ethyl adjacent to an activating group) is 1. The molecule has 0 bridgehead atoms. The highest BCUT2D eigenvalue weighted by Gasteiger charge is 2.39. The van der Waals surface area contributed by atoms with E-state index in [1.165, 1.54) is 5.38 Å². The van der Waals surface area contributed by atoms with Gasteiger partial charge in [0.2, 0.25) is 12.1 Å². The van der Waals surface area contributed by atoms with Gasteiger partial charge in [0.15, 0.2) is 17.4 Å². The van der Waals surface area contributed by atoms with E-state index in [2.05, 4.69) is 10.3 Å². The number of aromatic nitrogens is 1. The molecule has 0 aliphatic carbocycles. The first-order chi connectivity index (χ1) is 18.0. The van der Waals surface area contributed by atoms with Gasteiger partial charge in [0.1, 0.15) is 6.04 Å². The fraction of sp³-hybridized carbons (Fsp3) is 0.680. The Kier molecular flexibility index (Phi) is 12.1. The Balaban J connectivity index is 2.46. The summed E-state index contributed by atoms with van der Waals surface area (Å²) in [5, 5.41) is 13.5. The Bertz CT molecular complexity index is 1000. The van der Waals surface area contributed by atoms with Gasteiger partial charge in [0.25, 0.3) is 5.91 Å². The van der Waals surface area contributed by atoms with E-state index in [0.717, 1.165) is 42.5 Å². The number of rotatable bonds is 13. The number of carboxylic acids is 1. The predicted molar refractivity (Wildman–Crippen MR) is 138 cm³/mol. The summed E-state index contributed by atoms with van der Waals surface area (Å²) in [6.45, 7) is 6.80. The van der Waals surface area contributed by atoms with Crippen molar-refractivity contribution < 1.29 is 38.6 Å². The molecule has 38 heavy (non-hydrogen) atoms. The number of carboxylic acid groups (broad SMARTS) is 1. The van der Waals surface area contributed by atoms with Crippen LogP contribution in [0.3, 0.4) is 0 Å². The number of thiazole rings is 1. The first kappa shape index (κ1) is 31.2. The van der Waals surface area contributed by atoms with Gasteiger partial charge in [-0.3, -0.25) is 29.0 Å². The zero-order chi connectivity index (χ0) is 28.4. The lowest BCUT2D eigenvalue weighted by molar-refractivity contribution is -0.178. The van der Waals surface area contributed by atoms with Crippen LogP contribution in [0.1, 0.15) is 87.9 Å². The van der Waals surface area contributed by atoms with Crippen molar-refractivity contribution in [3.05, 3.63) is 16.1 Å². The minimum Gasteiger partial charge on any atom is -0.476 e. The highest BCUT2D eigenvalue weighted by atomic mass is 32.1. The van der Waals surface area contributed by atoms with Crippen molar-refractivity contribution in [3.63, 3.8) is 0 Å². The van der Waals surface area contributed by atoms with Crippen molar-refractivity contribution in [2.45, 2.75) is 84.5 Å². The van der Waals surface area contributed by atoms with Crippen molar-refractivity contribution >= 4 is 41.1 Å². The van der Waals surface area contributed by atoms with Crippen LogP contribution in [-0.2, 0) is 28.7 Å². The first-order valence-corrected chi connectivity index (χ1v) is 13.7. The van der Waals surface area contributed by atoms with Crippen LogP contribution in [0.25, 0.3) is 0 Å². The molecular weight excluding hydrogens is 516 g/mol. The number of piperidine rings is 1. The number of esters is 2. The van der Waals surface area contributed by atoms with E-state index in [1.807, 2.05) is 25.8 Å². The lowest BCUT2D eigenvalue weighted by Crippen LogP contribution is -2.57. The van der Waals surface area contributed by atoms with Gasteiger partial charge in [-0.05, 0) is 38.8 Å². The number of nitrogens with one attached hydrogen (secondary N) is 1. The second kappa shape index (κ2) is 14.8. The van der Waals surface area contributed by atoms with E-state index in [1.54, 1.807) is 6.92 Å². The predicted octanol–water partition coefficient (Wildman–Crippen LogP) is 2.55. The SMILES string of the molecule is CCCC(=O)OCN(C(=O)[C@@H](NC(=O)[C@H]1CCCCN1C)[C@@H](C)CC)[C@@H](OC(C)=O)c1nc(C(=O)O)cs1. The Labute approximate surface area is 226 Å². The largest absolute Gasteiger partial charge is 0.476 e. The third-order valence-corrected chi connectivity index (χ3v) is 7.34. The third kappa shape index (κ3) is 8.48. The number of carbonyl (C=O) groups excluding carboxylic acids is 4. The van der Waals surface area contributed by atoms with E-state index in [0.29, 0.717) is 19.3 Å². The molecule has 1 aromatic heterocycles. The van der Waals surface area contributed by atoms with Crippen molar-refractivity contribution in [1.82, 2.24) is 20.1 Å². The van der Waals surface area contributed by atoms with Crippen LogP contribution in [0, 0.1) is 5.92 Å². The van der Waals surface area contributed by atoms with Crippen LogP contribution in [0.4, 0.5) is 0 Å². The minimum absolute atomic E-state index is 0.0127. The standard InChI is InChI=1S/C25H38N4O8S/c1-6-10-19(31)36-14-29(24(37-16(4)30)22-26-17(13-38-22)25(34)35)23(33)20(15(3)7-2)27-21(32)18-11-8-9-12-28(18)5/h13,15,18,20,24H,6-12,14H2,1-5H3,(H,27,32)(H,34,35)/t15-,18+,20-,24-/m0/s1. The summed E-state index contributed by atoms with van der Waals surface area (Å²) < 4.78 is 10.7. The molecule has 12 nitrogen and oxygen atoms in total. The molecule has 2 amide bonds. The second-order valence-electron chi connectivity index (χ2n) is 9.41. The van der Waals surface area contributed by atoms with E-state index in [9.17, 15) is 29.1 Å². The molecular formula is C25H38N4O8S. The molecule has 2 heterocycles. The van der Waals surface area contributed by atoms with Crippen molar-refractivity contribution in [3.8, 4) is 0 Å². The van der Waals surface area contributed by atoms with E-state index < -0.39 is 42.8 Å². The summed E-state index contributed by atoms with van der Waals surface area (Å²) in [5.41, 5.74) is -0.287. The molecule has 1 aliphatic rings. The van der Waals surface area contributed by atoms with Gasteiger partial charge in [-0.2, -0.15) is 0 Å². The smallest absolute Gasteiger partial charge is 0.355 e. The van der Waals surface area contributed by atoms with E-state index >= 15 is 0 Å². The number of carbonyl (C=O) groups is 5. The molecule has 2 N–H and O–H groups in total. The summed E-state index contributed by atoms with van der Waals surface area (Å²) in [6, 6.07) is -1.41. The molecule has 0 unspecified atom stereocenters. The van der Waals surface area contributed by atoms with Gasteiger partial charge in [-0.25, -0.2) is 9.78 Å². The number of nitrogens with zero attached hydrogens (tertiary/aromatic N) is 3. The van der Waals surface area contributed by atoms with Gasteiger partial charge in [-0.1, -0.05) is 33.6 Å². The van der Waals surface area contributed by atoms with Crippen LogP contribution in [0.2, 0.25) is 0 Å². The van der Waals surface area contributed by atoms with E-state index in [-0.39, 0.29) is 35.0 Å². The van der Waals surface area contributed by atoms with Crippen LogP contribution in [-0.4, -0.2) is 82.0 Å². The fourth-order valence-electron chi connectivity index (χ4n) is 4.09. The Morgan fingerprint density at radius 2 is 1.97 bits per heavy atom. The maximum Gasteiger partial charge on any atom is 0.355 e. The summed E-state index contributed by atoms with van der Waals surface area (Å²) in [6.07, 6.45) is 2.26. The van der Waals surface area contributed by atoms with Gasteiger partial charge < -0.3 is 19.9 Å². The quantitative estimate of drug-likeness (QED) is 0.274. The Morgan fingerprint density at radius 3 is 2.53 bits per heavy atom. The molecule has 4 atom stereocenters. The molecule has 1 fully saturated rings. The maximum absolute atomic E-state index is 14.0. The molecule has 1 aromatic rings. The fourth-order valence-corrected chi connectivity index (χ4v) is 4.91. The molecule has 212 valence electrons. The van der Waals surface area contributed by atoms with Crippen molar-refractivity contribution in [2.75, 3.05) is 20.3 Å². The number of ether oxygens (including phenoxy) is 2. The summed E-state index contributed by atoms with van der Waals surface area (Å²) in [7, 11) is 1.86. The molecule has 2 rings (SSSR count). The van der Waals surface area contributed by atoms with Gasteiger partial charge >= 0.3 is 17.9 Å². The van der Waals surface area contributed by atoms with Gasteiger partial charge in [0.05, 0.1) is 6.04 Å². The average Bonchev–Trinajstić information content (AvgIpc) is 3.36. The first-order valence-electron chi connectivity index (χ1n) is 12.8. The van der Waals surface area contributed by atoms with Crippen molar-refractivity contribution in [2.24, 2.45) is 5.92 Å². The van der Waals surface area contributed by atoms with Gasteiger partial charge in [-0.15, -0.1) is 11.3 Å². The zero-order valence-electron chi connectivity index (χ0n) is 22.6. The monoisotopic (exact) mass is 554 g/mol. The number of amides is 2. The van der Waals surface area contributed by atoms with Crippen LogP contribution >= 0.6 is 11.3 Å². The number of hydrogen-bond acceptors (Lipinski definition) is 10. The average molecular weight is 555 g/mol. The molecule has 0 spiro atoms. The molecule has 0 aromatic carbocycles. The van der Waals surface area contributed by atoms with Gasteiger partial charge in [0, 0.05) is 18.7 Å². The summed E-state index contributed by atoms with van der Waals surface area (Å²) in [5.74, 6) is -3.87. The molecule has 1 aliphatic heterocycles.